The Morgan fingerprint density at radius 2 is 2.00 bits per heavy atom. The Hall–Kier alpha value is -1.50. The van der Waals surface area contributed by atoms with Crippen LogP contribution in [0.15, 0.2) is 47.4 Å². The Labute approximate surface area is 118 Å². The zero-order chi connectivity index (χ0) is 13.5. The van der Waals surface area contributed by atoms with Crippen LogP contribution in [0.2, 0.25) is 0 Å². The third-order valence-corrected chi connectivity index (χ3v) is 4.03. The van der Waals surface area contributed by atoms with Crippen molar-refractivity contribution in [3.63, 3.8) is 0 Å². The van der Waals surface area contributed by atoms with Gasteiger partial charge < -0.3 is 5.32 Å². The average Bonchev–Trinajstić information content (AvgIpc) is 2.46. The SMILES string of the molecule is CCNC(C#N)CCSc1ccc2ccccc2c1. The molecule has 0 spiro atoms. The number of benzene rings is 2. The summed E-state index contributed by atoms with van der Waals surface area (Å²) in [7, 11) is 0. The molecule has 98 valence electrons. The van der Waals surface area contributed by atoms with Gasteiger partial charge in [-0.05, 0) is 35.9 Å². The fraction of sp³-hybridized carbons (Fsp3) is 0.312. The van der Waals surface area contributed by atoms with E-state index in [4.69, 9.17) is 5.26 Å². The van der Waals surface area contributed by atoms with Crippen LogP contribution < -0.4 is 5.32 Å². The molecule has 2 rings (SSSR count). The first-order valence-corrected chi connectivity index (χ1v) is 7.56. The Morgan fingerprint density at radius 1 is 1.21 bits per heavy atom. The van der Waals surface area contributed by atoms with Gasteiger partial charge in [-0.15, -0.1) is 11.8 Å². The third kappa shape index (κ3) is 3.99. The minimum Gasteiger partial charge on any atom is -0.302 e. The van der Waals surface area contributed by atoms with Crippen LogP contribution in [0.5, 0.6) is 0 Å². The van der Waals surface area contributed by atoms with Crippen LogP contribution in [-0.4, -0.2) is 18.3 Å². The minimum atomic E-state index is -0.0297. The largest absolute Gasteiger partial charge is 0.302 e. The average molecular weight is 270 g/mol. The van der Waals surface area contributed by atoms with Gasteiger partial charge in [0, 0.05) is 10.6 Å². The zero-order valence-corrected chi connectivity index (χ0v) is 11.9. The Morgan fingerprint density at radius 3 is 2.74 bits per heavy atom. The number of rotatable bonds is 6. The summed E-state index contributed by atoms with van der Waals surface area (Å²) in [6.45, 7) is 2.87. The second-order valence-corrected chi connectivity index (χ2v) is 5.55. The number of nitrogens with one attached hydrogen (secondary N) is 1. The Kier molecular flexibility index (Phi) is 5.26. The van der Waals surface area contributed by atoms with Crippen LogP contribution in [0.1, 0.15) is 13.3 Å². The van der Waals surface area contributed by atoms with Crippen molar-refractivity contribution in [3.8, 4) is 6.07 Å². The molecule has 1 atom stereocenters. The van der Waals surface area contributed by atoms with Gasteiger partial charge in [0.05, 0.1) is 12.1 Å². The lowest BCUT2D eigenvalue weighted by molar-refractivity contribution is 0.613. The van der Waals surface area contributed by atoms with Gasteiger partial charge in [0.25, 0.3) is 0 Å². The quantitative estimate of drug-likeness (QED) is 0.810. The number of hydrogen-bond acceptors (Lipinski definition) is 3. The van der Waals surface area contributed by atoms with Crippen molar-refractivity contribution < 1.29 is 0 Å². The lowest BCUT2D eigenvalue weighted by Crippen LogP contribution is -2.27. The lowest BCUT2D eigenvalue weighted by atomic mass is 10.1. The normalized spacial score (nSPS) is 12.2. The maximum atomic E-state index is 8.97. The van der Waals surface area contributed by atoms with E-state index in [-0.39, 0.29) is 6.04 Å². The molecule has 19 heavy (non-hydrogen) atoms. The fourth-order valence-corrected chi connectivity index (χ4v) is 2.97. The van der Waals surface area contributed by atoms with E-state index in [9.17, 15) is 0 Å². The number of nitrogens with zero attached hydrogens (tertiary/aromatic N) is 1. The first kappa shape index (κ1) is 13.9. The molecule has 0 bridgehead atoms. The van der Waals surface area contributed by atoms with Gasteiger partial charge in [0.15, 0.2) is 0 Å². The molecule has 2 aromatic rings. The van der Waals surface area contributed by atoms with Gasteiger partial charge in [-0.2, -0.15) is 5.26 Å². The third-order valence-electron chi connectivity index (χ3n) is 3.00. The monoisotopic (exact) mass is 270 g/mol. The molecule has 2 nitrogen and oxygen atoms in total. The molecule has 0 heterocycles. The van der Waals surface area contributed by atoms with Crippen LogP contribution in [0.4, 0.5) is 0 Å². The molecular weight excluding hydrogens is 252 g/mol. The molecule has 1 unspecified atom stereocenters. The molecule has 1 N–H and O–H groups in total. The topological polar surface area (TPSA) is 35.8 Å². The van der Waals surface area contributed by atoms with Gasteiger partial charge in [-0.1, -0.05) is 37.3 Å². The Bertz CT molecular complexity index is 574. The van der Waals surface area contributed by atoms with Gasteiger partial charge in [0.1, 0.15) is 0 Å². The van der Waals surface area contributed by atoms with Crippen molar-refractivity contribution in [3.05, 3.63) is 42.5 Å². The van der Waals surface area contributed by atoms with Crippen molar-refractivity contribution in [1.82, 2.24) is 5.32 Å². The highest BCUT2D eigenvalue weighted by Gasteiger charge is 2.05. The first-order chi connectivity index (χ1) is 9.33. The summed E-state index contributed by atoms with van der Waals surface area (Å²) in [6, 6.07) is 17.2. The fourth-order valence-electron chi connectivity index (χ4n) is 2.01. The van der Waals surface area contributed by atoms with E-state index in [0.717, 1.165) is 18.7 Å². The van der Waals surface area contributed by atoms with Crippen LogP contribution >= 0.6 is 11.8 Å². The van der Waals surface area contributed by atoms with Crippen LogP contribution in [0.25, 0.3) is 10.8 Å². The maximum absolute atomic E-state index is 8.97. The minimum absolute atomic E-state index is 0.0297. The molecule has 0 radical (unpaired) electrons. The van der Waals surface area contributed by atoms with E-state index in [0.29, 0.717) is 0 Å². The summed E-state index contributed by atoms with van der Waals surface area (Å²) in [5, 5.41) is 14.7. The Balaban J connectivity index is 1.93. The van der Waals surface area contributed by atoms with Crippen molar-refractivity contribution in [2.24, 2.45) is 0 Å². The zero-order valence-electron chi connectivity index (χ0n) is 11.1. The van der Waals surface area contributed by atoms with Crippen LogP contribution in [-0.2, 0) is 0 Å². The van der Waals surface area contributed by atoms with Crippen molar-refractivity contribution in [1.29, 1.82) is 5.26 Å². The highest BCUT2D eigenvalue weighted by molar-refractivity contribution is 7.99. The van der Waals surface area contributed by atoms with E-state index < -0.39 is 0 Å². The smallest absolute Gasteiger partial charge is 0.0960 e. The molecule has 2 aromatic carbocycles. The first-order valence-electron chi connectivity index (χ1n) is 6.58. The molecular formula is C16H18N2S. The molecule has 0 aliphatic rings. The maximum Gasteiger partial charge on any atom is 0.0960 e. The number of fused-ring (bicyclic) bond motifs is 1. The molecule has 0 aliphatic carbocycles. The van der Waals surface area contributed by atoms with E-state index in [1.807, 2.05) is 18.7 Å². The molecule has 0 fully saturated rings. The summed E-state index contributed by atoms with van der Waals surface area (Å²) in [6.07, 6.45) is 0.877. The summed E-state index contributed by atoms with van der Waals surface area (Å²) in [5.41, 5.74) is 0. The van der Waals surface area contributed by atoms with Crippen molar-refractivity contribution in [2.75, 3.05) is 12.3 Å². The van der Waals surface area contributed by atoms with Crippen molar-refractivity contribution in [2.45, 2.75) is 24.3 Å². The summed E-state index contributed by atoms with van der Waals surface area (Å²) in [4.78, 5) is 1.27. The van der Waals surface area contributed by atoms with Gasteiger partial charge >= 0.3 is 0 Å². The predicted octanol–water partition coefficient (Wildman–Crippen LogP) is 3.82. The summed E-state index contributed by atoms with van der Waals surface area (Å²) in [5.74, 6) is 0.962. The van der Waals surface area contributed by atoms with E-state index in [1.54, 1.807) is 0 Å². The van der Waals surface area contributed by atoms with E-state index >= 15 is 0 Å². The molecule has 0 aliphatic heterocycles. The highest BCUT2D eigenvalue weighted by Crippen LogP contribution is 2.24. The molecule has 3 heteroatoms. The molecule has 0 amide bonds. The predicted molar refractivity (Wildman–Crippen MR) is 82.4 cm³/mol. The van der Waals surface area contributed by atoms with Gasteiger partial charge in [0.2, 0.25) is 0 Å². The van der Waals surface area contributed by atoms with Gasteiger partial charge in [-0.3, -0.25) is 0 Å². The second kappa shape index (κ2) is 7.18. The van der Waals surface area contributed by atoms with Gasteiger partial charge in [-0.25, -0.2) is 0 Å². The van der Waals surface area contributed by atoms with Crippen LogP contribution in [0.3, 0.4) is 0 Å². The lowest BCUT2D eigenvalue weighted by Gasteiger charge is -2.09. The number of hydrogen-bond donors (Lipinski definition) is 1. The van der Waals surface area contributed by atoms with E-state index in [1.165, 1.54) is 15.7 Å². The second-order valence-electron chi connectivity index (χ2n) is 4.39. The molecule has 0 aromatic heterocycles. The number of thioether (sulfide) groups is 1. The molecule has 0 saturated heterocycles. The van der Waals surface area contributed by atoms with Crippen LogP contribution in [0, 0.1) is 11.3 Å². The van der Waals surface area contributed by atoms with E-state index in [2.05, 4.69) is 53.9 Å². The standard InChI is InChI=1S/C16H18N2S/c1-2-18-15(12-17)9-10-19-16-8-7-13-5-3-4-6-14(13)11-16/h3-8,11,15,18H,2,9-10H2,1H3. The molecule has 0 saturated carbocycles. The number of nitriles is 1. The highest BCUT2D eigenvalue weighted by atomic mass is 32.2. The summed E-state index contributed by atoms with van der Waals surface area (Å²) >= 11 is 1.81. The van der Waals surface area contributed by atoms with Crippen molar-refractivity contribution >= 4 is 22.5 Å². The summed E-state index contributed by atoms with van der Waals surface area (Å²) < 4.78 is 0.